The van der Waals surface area contributed by atoms with Gasteiger partial charge in [0.25, 0.3) is 0 Å². The molecule has 102 valence electrons. The van der Waals surface area contributed by atoms with E-state index in [-0.39, 0.29) is 0 Å². The van der Waals surface area contributed by atoms with Crippen LogP contribution in [-0.4, -0.2) is 35.6 Å². The zero-order chi connectivity index (χ0) is 12.6. The van der Waals surface area contributed by atoms with E-state index in [2.05, 4.69) is 36.2 Å². The molecule has 1 spiro atoms. The molecule has 0 radical (unpaired) electrons. The van der Waals surface area contributed by atoms with Gasteiger partial charge in [-0.1, -0.05) is 25.0 Å². The van der Waals surface area contributed by atoms with Gasteiger partial charge in [-0.05, 0) is 45.4 Å². The van der Waals surface area contributed by atoms with Crippen LogP contribution >= 0.6 is 0 Å². The van der Waals surface area contributed by atoms with Crippen molar-refractivity contribution in [1.82, 2.24) is 10.2 Å². The molecule has 2 saturated carbocycles. The van der Waals surface area contributed by atoms with Gasteiger partial charge >= 0.3 is 0 Å². The van der Waals surface area contributed by atoms with Crippen molar-refractivity contribution in [1.29, 1.82) is 0 Å². The van der Waals surface area contributed by atoms with Crippen LogP contribution in [0.25, 0.3) is 0 Å². The van der Waals surface area contributed by atoms with Crippen molar-refractivity contribution in [3.63, 3.8) is 0 Å². The summed E-state index contributed by atoms with van der Waals surface area (Å²) in [4.78, 5) is 2.78. The molecule has 2 heteroatoms. The van der Waals surface area contributed by atoms with E-state index in [1.165, 1.54) is 51.6 Å². The molecule has 3 fully saturated rings. The van der Waals surface area contributed by atoms with Crippen LogP contribution in [-0.2, 0) is 0 Å². The highest BCUT2D eigenvalue weighted by atomic mass is 15.3. The lowest BCUT2D eigenvalue weighted by Gasteiger charge is -2.52. The monoisotopic (exact) mass is 248 g/mol. The van der Waals surface area contributed by atoms with Crippen molar-refractivity contribution in [2.45, 2.75) is 63.5 Å². The van der Waals surface area contributed by atoms with Gasteiger partial charge in [0.05, 0.1) is 0 Å². The van der Waals surface area contributed by atoms with Crippen molar-refractivity contribution >= 4 is 0 Å². The van der Waals surface area contributed by atoms with Gasteiger partial charge in [-0.25, -0.2) is 0 Å². The molecule has 0 amide bonds. The number of rotatable bonds is 3. The van der Waals surface area contributed by atoms with Crippen molar-refractivity contribution < 1.29 is 0 Å². The highest BCUT2D eigenvalue weighted by Gasteiger charge is 2.51. The van der Waals surface area contributed by atoms with Gasteiger partial charge in [-0.2, -0.15) is 0 Å². The van der Waals surface area contributed by atoms with Crippen LogP contribution in [0.4, 0.5) is 0 Å². The number of allylic oxidation sites excluding steroid dienone is 1. The summed E-state index contributed by atoms with van der Waals surface area (Å²) in [5, 5.41) is 3.95. The summed E-state index contributed by atoms with van der Waals surface area (Å²) < 4.78 is 0. The fourth-order valence-corrected chi connectivity index (χ4v) is 4.08. The zero-order valence-corrected chi connectivity index (χ0v) is 12.0. The fourth-order valence-electron chi connectivity index (χ4n) is 4.08. The van der Waals surface area contributed by atoms with Gasteiger partial charge in [0.15, 0.2) is 0 Å². The largest absolute Gasteiger partial charge is 0.308 e. The molecule has 0 aromatic carbocycles. The molecule has 1 N–H and O–H groups in total. The highest BCUT2D eigenvalue weighted by Crippen LogP contribution is 2.46. The Kier molecular flexibility index (Phi) is 3.27. The minimum Gasteiger partial charge on any atom is -0.308 e. The molecule has 1 aliphatic heterocycles. The first-order valence-electron chi connectivity index (χ1n) is 7.80. The lowest BCUT2D eigenvalue weighted by Crippen LogP contribution is -2.69. The number of hydrogen-bond donors (Lipinski definition) is 1. The van der Waals surface area contributed by atoms with Crippen LogP contribution in [0.1, 0.15) is 52.4 Å². The molecule has 1 atom stereocenters. The molecule has 0 bridgehead atoms. The summed E-state index contributed by atoms with van der Waals surface area (Å²) in [7, 11) is 0. The van der Waals surface area contributed by atoms with Gasteiger partial charge in [-0.15, -0.1) is 0 Å². The summed E-state index contributed by atoms with van der Waals surface area (Å²) in [5.41, 5.74) is 0.864. The Balaban J connectivity index is 1.76. The Morgan fingerprint density at radius 2 is 2.00 bits per heavy atom. The van der Waals surface area contributed by atoms with Gasteiger partial charge in [0, 0.05) is 30.7 Å². The zero-order valence-electron chi connectivity index (χ0n) is 12.0. The second-order valence-corrected chi connectivity index (χ2v) is 6.92. The van der Waals surface area contributed by atoms with Crippen molar-refractivity contribution in [3.05, 3.63) is 12.2 Å². The molecule has 3 rings (SSSR count). The smallest absolute Gasteiger partial charge is 0.0338 e. The SMILES string of the molecule is C/C=C/CN1CC2(CCCC2)NCC1(C)C1CC1. The van der Waals surface area contributed by atoms with E-state index in [0.717, 1.165) is 12.5 Å². The lowest BCUT2D eigenvalue weighted by atomic mass is 9.83. The Labute approximate surface area is 112 Å². The van der Waals surface area contributed by atoms with Gasteiger partial charge in [-0.3, -0.25) is 4.90 Å². The minimum absolute atomic E-state index is 0.410. The van der Waals surface area contributed by atoms with Crippen LogP contribution in [0.3, 0.4) is 0 Å². The third-order valence-corrected chi connectivity index (χ3v) is 5.62. The van der Waals surface area contributed by atoms with Gasteiger partial charge in [0.2, 0.25) is 0 Å². The molecule has 0 aromatic heterocycles. The predicted molar refractivity (Wildman–Crippen MR) is 76.7 cm³/mol. The molecule has 0 aromatic rings. The van der Waals surface area contributed by atoms with E-state index in [4.69, 9.17) is 0 Å². The molecular weight excluding hydrogens is 220 g/mol. The molecule has 2 nitrogen and oxygen atoms in total. The fraction of sp³-hybridized carbons (Fsp3) is 0.875. The summed E-state index contributed by atoms with van der Waals surface area (Å²) in [6.07, 6.45) is 13.1. The van der Waals surface area contributed by atoms with E-state index < -0.39 is 0 Å². The average molecular weight is 248 g/mol. The molecule has 1 saturated heterocycles. The molecule has 2 aliphatic carbocycles. The van der Waals surface area contributed by atoms with E-state index in [0.29, 0.717) is 11.1 Å². The first-order chi connectivity index (χ1) is 8.69. The van der Waals surface area contributed by atoms with Crippen LogP contribution < -0.4 is 5.32 Å². The maximum Gasteiger partial charge on any atom is 0.0338 e. The number of nitrogens with zero attached hydrogens (tertiary/aromatic N) is 1. The topological polar surface area (TPSA) is 15.3 Å². The van der Waals surface area contributed by atoms with Crippen LogP contribution in [0, 0.1) is 5.92 Å². The van der Waals surface area contributed by atoms with Crippen LogP contribution in [0.2, 0.25) is 0 Å². The summed E-state index contributed by atoms with van der Waals surface area (Å²) in [6.45, 7) is 8.25. The summed E-state index contributed by atoms with van der Waals surface area (Å²) >= 11 is 0. The standard InChI is InChI=1S/C16H28N2/c1-3-4-11-18-13-16(9-5-6-10-16)17-12-15(18,2)14-7-8-14/h3-4,14,17H,5-13H2,1-2H3/b4-3+. The molecule has 1 heterocycles. The second-order valence-electron chi connectivity index (χ2n) is 6.92. The van der Waals surface area contributed by atoms with Gasteiger partial charge < -0.3 is 5.32 Å². The van der Waals surface area contributed by atoms with Crippen LogP contribution in [0.15, 0.2) is 12.2 Å². The molecule has 3 aliphatic rings. The second kappa shape index (κ2) is 4.64. The maximum atomic E-state index is 3.95. The third-order valence-electron chi connectivity index (χ3n) is 5.62. The van der Waals surface area contributed by atoms with Gasteiger partial charge in [0.1, 0.15) is 0 Å². The number of hydrogen-bond acceptors (Lipinski definition) is 2. The van der Waals surface area contributed by atoms with Crippen molar-refractivity contribution in [3.8, 4) is 0 Å². The Bertz CT molecular complexity index is 326. The Morgan fingerprint density at radius 3 is 2.61 bits per heavy atom. The highest BCUT2D eigenvalue weighted by molar-refractivity contribution is 5.11. The molecule has 18 heavy (non-hydrogen) atoms. The predicted octanol–water partition coefficient (Wildman–Crippen LogP) is 2.95. The lowest BCUT2D eigenvalue weighted by molar-refractivity contribution is 0.0118. The number of nitrogens with one attached hydrogen (secondary N) is 1. The normalized spacial score (nSPS) is 36.8. The van der Waals surface area contributed by atoms with E-state index in [9.17, 15) is 0 Å². The van der Waals surface area contributed by atoms with E-state index in [1.54, 1.807) is 0 Å². The average Bonchev–Trinajstić information content (AvgIpc) is 3.14. The Hall–Kier alpha value is -0.340. The minimum atomic E-state index is 0.410. The third kappa shape index (κ3) is 2.14. The quantitative estimate of drug-likeness (QED) is 0.773. The van der Waals surface area contributed by atoms with Crippen molar-refractivity contribution in [2.24, 2.45) is 5.92 Å². The number of piperazine rings is 1. The van der Waals surface area contributed by atoms with Crippen LogP contribution in [0.5, 0.6) is 0 Å². The van der Waals surface area contributed by atoms with Crippen molar-refractivity contribution in [2.75, 3.05) is 19.6 Å². The first-order valence-corrected chi connectivity index (χ1v) is 7.80. The first kappa shape index (κ1) is 12.7. The summed E-state index contributed by atoms with van der Waals surface area (Å²) in [5.74, 6) is 0.939. The van der Waals surface area contributed by atoms with E-state index >= 15 is 0 Å². The summed E-state index contributed by atoms with van der Waals surface area (Å²) in [6, 6.07) is 0. The van der Waals surface area contributed by atoms with E-state index in [1.807, 2.05) is 0 Å². The molecule has 1 unspecified atom stereocenters. The Morgan fingerprint density at radius 1 is 1.28 bits per heavy atom. The maximum absolute atomic E-state index is 3.95. The molecular formula is C16H28N2.